The Morgan fingerprint density at radius 2 is 1.93 bits per heavy atom. The van der Waals surface area contributed by atoms with Gasteiger partial charge < -0.3 is 9.80 Å². The Morgan fingerprint density at radius 1 is 1.21 bits per heavy atom. The van der Waals surface area contributed by atoms with Crippen LogP contribution in [0.15, 0.2) is 30.3 Å². The number of nitrogens with zero attached hydrogens (tertiary/aromatic N) is 2. The topological polar surface area (TPSA) is 23.6 Å². The van der Waals surface area contributed by atoms with Crippen LogP contribution in [0.3, 0.4) is 0 Å². The number of carbonyl (C=O) groups is 1. The molecule has 1 heterocycles. The second-order valence-electron chi connectivity index (χ2n) is 3.61. The fourth-order valence-corrected chi connectivity index (χ4v) is 1.65. The number of hydrogen-bond donors (Lipinski definition) is 0. The van der Waals surface area contributed by atoms with E-state index in [1.54, 1.807) is 4.90 Å². The summed E-state index contributed by atoms with van der Waals surface area (Å²) in [5.41, 5.74) is 1.19. The van der Waals surface area contributed by atoms with E-state index in [4.69, 9.17) is 0 Å². The third kappa shape index (κ3) is 1.71. The first-order valence-corrected chi connectivity index (χ1v) is 4.81. The van der Waals surface area contributed by atoms with Gasteiger partial charge in [-0.05, 0) is 5.56 Å². The standard InChI is InChI=1S/C11H14N2O/c1-12-7-8-13(11(12)14)9-10-5-3-2-4-6-10/h2-6H,7-9H2,1H3. The third-order valence-electron chi connectivity index (χ3n) is 2.52. The van der Waals surface area contributed by atoms with Crippen molar-refractivity contribution in [2.24, 2.45) is 0 Å². The van der Waals surface area contributed by atoms with Gasteiger partial charge in [0.1, 0.15) is 0 Å². The lowest BCUT2D eigenvalue weighted by Crippen LogP contribution is -2.28. The van der Waals surface area contributed by atoms with E-state index in [2.05, 4.69) is 0 Å². The zero-order chi connectivity index (χ0) is 9.97. The van der Waals surface area contributed by atoms with Crippen molar-refractivity contribution < 1.29 is 4.79 Å². The summed E-state index contributed by atoms with van der Waals surface area (Å²) >= 11 is 0. The van der Waals surface area contributed by atoms with E-state index in [1.807, 2.05) is 42.3 Å². The first-order chi connectivity index (χ1) is 6.77. The van der Waals surface area contributed by atoms with Gasteiger partial charge >= 0.3 is 6.03 Å². The molecule has 3 nitrogen and oxygen atoms in total. The molecule has 0 saturated carbocycles. The number of amides is 2. The number of rotatable bonds is 2. The minimum absolute atomic E-state index is 0.133. The van der Waals surface area contributed by atoms with E-state index in [0.717, 1.165) is 19.6 Å². The van der Waals surface area contributed by atoms with E-state index in [0.29, 0.717) is 0 Å². The molecule has 0 atom stereocenters. The van der Waals surface area contributed by atoms with Gasteiger partial charge in [-0.15, -0.1) is 0 Å². The number of likely N-dealkylation sites (N-methyl/N-ethyl adjacent to an activating group) is 1. The van der Waals surface area contributed by atoms with Crippen LogP contribution in [0, 0.1) is 0 Å². The molecule has 1 aromatic carbocycles. The van der Waals surface area contributed by atoms with Gasteiger partial charge in [-0.1, -0.05) is 30.3 Å². The molecule has 2 amide bonds. The first-order valence-electron chi connectivity index (χ1n) is 4.81. The second-order valence-corrected chi connectivity index (χ2v) is 3.61. The number of carbonyl (C=O) groups excluding carboxylic acids is 1. The summed E-state index contributed by atoms with van der Waals surface area (Å²) in [7, 11) is 1.84. The van der Waals surface area contributed by atoms with Gasteiger partial charge in [0.15, 0.2) is 0 Å². The number of urea groups is 1. The SMILES string of the molecule is CN1CCN(Cc2ccccc2)C1=O. The molecule has 1 aliphatic rings. The summed E-state index contributed by atoms with van der Waals surface area (Å²) in [5.74, 6) is 0. The quantitative estimate of drug-likeness (QED) is 0.694. The number of benzene rings is 1. The molecule has 0 spiro atoms. The molecule has 3 heteroatoms. The zero-order valence-corrected chi connectivity index (χ0v) is 8.31. The highest BCUT2D eigenvalue weighted by Crippen LogP contribution is 2.11. The maximum atomic E-state index is 11.6. The molecule has 1 fully saturated rings. The van der Waals surface area contributed by atoms with E-state index < -0.39 is 0 Å². The summed E-state index contributed by atoms with van der Waals surface area (Å²) in [6.07, 6.45) is 0. The van der Waals surface area contributed by atoms with Crippen molar-refractivity contribution in [2.45, 2.75) is 6.54 Å². The van der Waals surface area contributed by atoms with Crippen LogP contribution in [0.1, 0.15) is 5.56 Å². The van der Waals surface area contributed by atoms with Gasteiger partial charge in [0.25, 0.3) is 0 Å². The van der Waals surface area contributed by atoms with Crippen molar-refractivity contribution in [1.29, 1.82) is 0 Å². The molecule has 0 radical (unpaired) electrons. The lowest BCUT2D eigenvalue weighted by Gasteiger charge is -2.15. The Balaban J connectivity index is 2.02. The summed E-state index contributed by atoms with van der Waals surface area (Å²) in [4.78, 5) is 15.2. The molecule has 0 bridgehead atoms. The molecule has 0 aliphatic carbocycles. The molecular weight excluding hydrogens is 176 g/mol. The third-order valence-corrected chi connectivity index (χ3v) is 2.52. The lowest BCUT2D eigenvalue weighted by atomic mass is 10.2. The van der Waals surface area contributed by atoms with Crippen LogP contribution >= 0.6 is 0 Å². The van der Waals surface area contributed by atoms with Crippen LogP contribution in [-0.2, 0) is 6.54 Å². The molecule has 1 saturated heterocycles. The average Bonchev–Trinajstić information content (AvgIpc) is 2.52. The molecule has 1 aromatic rings. The summed E-state index contributed by atoms with van der Waals surface area (Å²) in [6, 6.07) is 10.2. The van der Waals surface area contributed by atoms with Crippen LogP contribution < -0.4 is 0 Å². The van der Waals surface area contributed by atoms with Gasteiger partial charge in [-0.25, -0.2) is 4.79 Å². The minimum Gasteiger partial charge on any atom is -0.326 e. The fourth-order valence-electron chi connectivity index (χ4n) is 1.65. The summed E-state index contributed by atoms with van der Waals surface area (Å²) in [6.45, 7) is 2.40. The molecule has 1 aliphatic heterocycles. The van der Waals surface area contributed by atoms with E-state index in [9.17, 15) is 4.79 Å². The smallest absolute Gasteiger partial charge is 0.320 e. The normalized spacial score (nSPS) is 16.5. The largest absolute Gasteiger partial charge is 0.326 e. The predicted molar refractivity (Wildman–Crippen MR) is 54.9 cm³/mol. The summed E-state index contributed by atoms with van der Waals surface area (Å²) < 4.78 is 0. The van der Waals surface area contributed by atoms with Gasteiger partial charge in [-0.2, -0.15) is 0 Å². The first kappa shape index (κ1) is 9.06. The van der Waals surface area contributed by atoms with Crippen LogP contribution in [0.25, 0.3) is 0 Å². The maximum Gasteiger partial charge on any atom is 0.320 e. The molecule has 2 rings (SSSR count). The van der Waals surface area contributed by atoms with Crippen LogP contribution in [0.2, 0.25) is 0 Å². The molecule has 14 heavy (non-hydrogen) atoms. The van der Waals surface area contributed by atoms with Crippen molar-refractivity contribution in [3.63, 3.8) is 0 Å². The van der Waals surface area contributed by atoms with Gasteiger partial charge in [0, 0.05) is 26.7 Å². The molecule has 0 unspecified atom stereocenters. The second kappa shape index (κ2) is 3.70. The predicted octanol–water partition coefficient (Wildman–Crippen LogP) is 1.55. The Kier molecular flexibility index (Phi) is 2.39. The van der Waals surface area contributed by atoms with Crippen molar-refractivity contribution in [2.75, 3.05) is 20.1 Å². The van der Waals surface area contributed by atoms with E-state index >= 15 is 0 Å². The fraction of sp³-hybridized carbons (Fsp3) is 0.364. The molecular formula is C11H14N2O. The Bertz CT molecular complexity index is 323. The molecule has 74 valence electrons. The highest BCUT2D eigenvalue weighted by Gasteiger charge is 2.24. The van der Waals surface area contributed by atoms with Crippen LogP contribution in [-0.4, -0.2) is 36.0 Å². The molecule has 0 aromatic heterocycles. The van der Waals surface area contributed by atoms with Gasteiger partial charge in [-0.3, -0.25) is 0 Å². The number of hydrogen-bond acceptors (Lipinski definition) is 1. The van der Waals surface area contributed by atoms with E-state index in [1.165, 1.54) is 5.56 Å². The van der Waals surface area contributed by atoms with Gasteiger partial charge in [0.05, 0.1) is 0 Å². The summed E-state index contributed by atoms with van der Waals surface area (Å²) in [5, 5.41) is 0. The van der Waals surface area contributed by atoms with Crippen molar-refractivity contribution >= 4 is 6.03 Å². The van der Waals surface area contributed by atoms with Crippen molar-refractivity contribution in [1.82, 2.24) is 9.80 Å². The maximum absolute atomic E-state index is 11.6. The Labute approximate surface area is 83.9 Å². The molecule has 0 N–H and O–H groups in total. The van der Waals surface area contributed by atoms with E-state index in [-0.39, 0.29) is 6.03 Å². The zero-order valence-electron chi connectivity index (χ0n) is 8.31. The van der Waals surface area contributed by atoms with Crippen molar-refractivity contribution in [3.05, 3.63) is 35.9 Å². The Morgan fingerprint density at radius 3 is 2.50 bits per heavy atom. The Hall–Kier alpha value is -1.51. The monoisotopic (exact) mass is 190 g/mol. The van der Waals surface area contributed by atoms with Crippen LogP contribution in [0.4, 0.5) is 4.79 Å². The minimum atomic E-state index is 0.133. The van der Waals surface area contributed by atoms with Crippen LogP contribution in [0.5, 0.6) is 0 Å². The lowest BCUT2D eigenvalue weighted by molar-refractivity contribution is 0.197. The van der Waals surface area contributed by atoms with Gasteiger partial charge in [0.2, 0.25) is 0 Å². The van der Waals surface area contributed by atoms with Crippen molar-refractivity contribution in [3.8, 4) is 0 Å². The highest BCUT2D eigenvalue weighted by atomic mass is 16.2. The average molecular weight is 190 g/mol. The highest BCUT2D eigenvalue weighted by molar-refractivity contribution is 5.76.